The van der Waals surface area contributed by atoms with Crippen molar-refractivity contribution in [2.24, 2.45) is 0 Å². The highest BCUT2D eigenvalue weighted by Gasteiger charge is 2.50. The molecule has 4 saturated heterocycles. The molecule has 9 rings (SSSR count). The van der Waals surface area contributed by atoms with Crippen molar-refractivity contribution in [3.63, 3.8) is 0 Å². The number of fused-ring (bicyclic) bond motifs is 5. The summed E-state index contributed by atoms with van der Waals surface area (Å²) in [5.41, 5.74) is 10.5. The molecular weight excluding hydrogens is 722 g/mol. The number of aromatic nitrogens is 3. The molecule has 14 heteroatoms. The smallest absolute Gasteiger partial charge is 0.386 e. The maximum Gasteiger partial charge on any atom is 0.386 e. The first-order valence-electron chi connectivity index (χ1n) is 18.7. The molecule has 2 aromatic heterocycles. The Labute approximate surface area is 320 Å². The SMILES string of the molecule is C#Cc1c(F)ccc2cc(O)cc(-c3ncc4c(N5CC6CCC(C5)N6C(=O)C(=[N+]=[N-])c5ccc(C)cc5)nc(OCC56CCCN5CC(F)C6)nc4c3F)c12. The molecule has 5 aromatic rings. The van der Waals surface area contributed by atoms with Crippen molar-refractivity contribution in [2.45, 2.75) is 62.8 Å². The second-order valence-corrected chi connectivity index (χ2v) is 15.4. The number of hydrogen-bond donors (Lipinski definition) is 1. The van der Waals surface area contributed by atoms with E-state index < -0.39 is 23.3 Å². The molecule has 3 aromatic carbocycles. The fourth-order valence-electron chi connectivity index (χ4n) is 9.38. The van der Waals surface area contributed by atoms with Crippen LogP contribution in [-0.2, 0) is 4.79 Å². The molecule has 0 radical (unpaired) electrons. The van der Waals surface area contributed by atoms with Gasteiger partial charge in [-0.05, 0) is 74.9 Å². The second-order valence-electron chi connectivity index (χ2n) is 15.4. The number of amides is 1. The summed E-state index contributed by atoms with van der Waals surface area (Å²) in [6.45, 7) is 3.77. The van der Waals surface area contributed by atoms with Gasteiger partial charge < -0.3 is 25.2 Å². The number of carbonyl (C=O) groups excluding carboxylic acids is 1. The quantitative estimate of drug-likeness (QED) is 0.0930. The number of ether oxygens (including phenoxy) is 1. The molecular formula is C42H37F3N8O3. The van der Waals surface area contributed by atoms with Crippen LogP contribution in [0.4, 0.5) is 19.0 Å². The standard InChI is InChI=1S/C42H37F3N8O3/c1-3-30-33(44)12-9-25-15-29(54)16-31(34(25)30)37-35(45)38-32(18-47-37)39(49-41(48-38)56-22-42-13-4-14-52(42)19-26(43)17-42)51-20-27-10-11-28(21-51)53(27)40(55)36(50-46)24-7-5-23(2)6-8-24/h1,5-9,12,15-16,18,26-28,54H,4,10-11,13-14,17,19-22H2,2H3. The third-order valence-electron chi connectivity index (χ3n) is 12.0. The normalized spacial score (nSPS) is 23.0. The monoisotopic (exact) mass is 758 g/mol. The molecule has 6 heterocycles. The van der Waals surface area contributed by atoms with E-state index in [-0.39, 0.29) is 75.2 Å². The topological polar surface area (TPSA) is 131 Å². The number of aromatic hydroxyl groups is 1. The first-order chi connectivity index (χ1) is 27.1. The third kappa shape index (κ3) is 5.81. The minimum atomic E-state index is -0.982. The Hall–Kier alpha value is -6.03. The zero-order valence-corrected chi connectivity index (χ0v) is 30.6. The van der Waals surface area contributed by atoms with E-state index in [2.05, 4.69) is 25.6 Å². The summed E-state index contributed by atoms with van der Waals surface area (Å²) in [4.78, 5) is 37.1. The summed E-state index contributed by atoms with van der Waals surface area (Å²) < 4.78 is 53.1. The lowest BCUT2D eigenvalue weighted by Crippen LogP contribution is -2.57. The molecule has 4 unspecified atom stereocenters. The van der Waals surface area contributed by atoms with Crippen molar-refractivity contribution >= 4 is 39.1 Å². The van der Waals surface area contributed by atoms with Crippen molar-refractivity contribution in [2.75, 3.05) is 37.7 Å². The molecule has 4 aliphatic heterocycles. The van der Waals surface area contributed by atoms with Gasteiger partial charge in [-0.3, -0.25) is 14.7 Å². The maximum absolute atomic E-state index is 17.1. The van der Waals surface area contributed by atoms with Crippen LogP contribution in [0.2, 0.25) is 0 Å². The van der Waals surface area contributed by atoms with Crippen LogP contribution in [-0.4, -0.2) is 103 Å². The van der Waals surface area contributed by atoms with Crippen molar-refractivity contribution in [1.82, 2.24) is 24.8 Å². The van der Waals surface area contributed by atoms with E-state index in [0.29, 0.717) is 55.7 Å². The molecule has 56 heavy (non-hydrogen) atoms. The Bertz CT molecular complexity index is 2520. The number of phenolic OH excluding ortho intramolecular Hbond substituents is 1. The molecule has 1 N–H and O–H groups in total. The van der Waals surface area contributed by atoms with Gasteiger partial charge >= 0.3 is 17.6 Å². The van der Waals surface area contributed by atoms with Crippen LogP contribution in [0.5, 0.6) is 11.8 Å². The average Bonchev–Trinajstić information content (AvgIpc) is 3.81. The van der Waals surface area contributed by atoms with E-state index in [4.69, 9.17) is 16.1 Å². The Morgan fingerprint density at radius 1 is 1.11 bits per heavy atom. The summed E-state index contributed by atoms with van der Waals surface area (Å²) in [7, 11) is 0. The van der Waals surface area contributed by atoms with Crippen LogP contribution in [0.1, 0.15) is 48.8 Å². The van der Waals surface area contributed by atoms with Gasteiger partial charge in [0.15, 0.2) is 5.82 Å². The largest absolute Gasteiger partial charge is 0.508 e. The van der Waals surface area contributed by atoms with Crippen LogP contribution >= 0.6 is 0 Å². The number of benzene rings is 3. The minimum Gasteiger partial charge on any atom is -0.508 e. The van der Waals surface area contributed by atoms with Crippen LogP contribution in [0.15, 0.2) is 54.7 Å². The Kier molecular flexibility index (Phi) is 8.67. The maximum atomic E-state index is 17.1. The fourth-order valence-corrected chi connectivity index (χ4v) is 9.38. The van der Waals surface area contributed by atoms with Gasteiger partial charge in [0.25, 0.3) is 0 Å². The van der Waals surface area contributed by atoms with E-state index >= 15 is 4.39 Å². The predicted molar refractivity (Wildman–Crippen MR) is 203 cm³/mol. The highest BCUT2D eigenvalue weighted by molar-refractivity contribution is 6.43. The van der Waals surface area contributed by atoms with Crippen LogP contribution in [0.3, 0.4) is 0 Å². The highest BCUT2D eigenvalue weighted by atomic mass is 19.1. The van der Waals surface area contributed by atoms with Crippen molar-refractivity contribution in [3.05, 3.63) is 88.6 Å². The van der Waals surface area contributed by atoms with Gasteiger partial charge in [-0.15, -0.1) is 6.42 Å². The summed E-state index contributed by atoms with van der Waals surface area (Å²) in [6.07, 6.45) is 9.51. The van der Waals surface area contributed by atoms with Crippen molar-refractivity contribution < 1.29 is 32.6 Å². The number of phenols is 1. The molecule has 4 fully saturated rings. The van der Waals surface area contributed by atoms with E-state index in [0.717, 1.165) is 24.9 Å². The number of anilines is 1. The molecule has 4 atom stereocenters. The highest BCUT2D eigenvalue weighted by Crippen LogP contribution is 2.42. The van der Waals surface area contributed by atoms with Crippen molar-refractivity contribution in [3.8, 4) is 35.4 Å². The molecule has 2 bridgehead atoms. The number of carbonyl (C=O) groups is 1. The number of alkyl halides is 1. The number of aryl methyl sites for hydroxylation is 1. The number of pyridine rings is 1. The number of halogens is 3. The van der Waals surface area contributed by atoms with Gasteiger partial charge in [0.2, 0.25) is 0 Å². The zero-order valence-electron chi connectivity index (χ0n) is 30.6. The lowest BCUT2D eigenvalue weighted by molar-refractivity contribution is -0.131. The summed E-state index contributed by atoms with van der Waals surface area (Å²) >= 11 is 0. The predicted octanol–water partition coefficient (Wildman–Crippen LogP) is 5.97. The lowest BCUT2D eigenvalue weighted by Gasteiger charge is -2.41. The van der Waals surface area contributed by atoms with Gasteiger partial charge in [-0.25, -0.2) is 13.2 Å². The van der Waals surface area contributed by atoms with Gasteiger partial charge in [-0.2, -0.15) is 14.8 Å². The van der Waals surface area contributed by atoms with Crippen LogP contribution in [0.25, 0.3) is 38.5 Å². The Morgan fingerprint density at radius 3 is 2.61 bits per heavy atom. The number of hydrogen-bond acceptors (Lipinski definition) is 8. The molecule has 0 aliphatic carbocycles. The molecule has 11 nitrogen and oxygen atoms in total. The summed E-state index contributed by atoms with van der Waals surface area (Å²) in [5.74, 6) is 0.574. The van der Waals surface area contributed by atoms with E-state index in [1.54, 1.807) is 17.0 Å². The summed E-state index contributed by atoms with van der Waals surface area (Å²) in [5, 5.41) is 11.5. The summed E-state index contributed by atoms with van der Waals surface area (Å²) in [6, 6.07) is 11.9. The van der Waals surface area contributed by atoms with Crippen molar-refractivity contribution in [1.29, 1.82) is 0 Å². The fraction of sp³-hybridized carbons (Fsp3) is 0.357. The Morgan fingerprint density at radius 2 is 1.88 bits per heavy atom. The van der Waals surface area contributed by atoms with E-state index in [1.807, 2.05) is 24.0 Å². The molecule has 4 aliphatic rings. The first-order valence-corrected chi connectivity index (χ1v) is 18.7. The van der Waals surface area contributed by atoms with Gasteiger partial charge in [0, 0.05) is 43.2 Å². The zero-order chi connectivity index (χ0) is 38.9. The third-order valence-corrected chi connectivity index (χ3v) is 12.0. The molecule has 0 spiro atoms. The van der Waals surface area contributed by atoms with Gasteiger partial charge in [-0.1, -0.05) is 29.7 Å². The number of nitrogens with zero attached hydrogens (tertiary/aromatic N) is 8. The number of terminal acetylenes is 1. The average molecular weight is 759 g/mol. The van der Waals surface area contributed by atoms with Gasteiger partial charge in [0.1, 0.15) is 41.4 Å². The van der Waals surface area contributed by atoms with Crippen LogP contribution in [0, 0.1) is 30.9 Å². The molecule has 0 saturated carbocycles. The van der Waals surface area contributed by atoms with E-state index in [1.165, 1.54) is 30.5 Å². The molecule has 1 amide bonds. The Balaban J connectivity index is 1.12. The second kappa shape index (κ2) is 13.6. The first kappa shape index (κ1) is 35.7. The van der Waals surface area contributed by atoms with Gasteiger partial charge in [0.05, 0.1) is 34.1 Å². The van der Waals surface area contributed by atoms with E-state index in [9.17, 15) is 24.2 Å². The minimum absolute atomic E-state index is 0.0487. The number of piperazine rings is 1. The number of rotatable bonds is 7. The molecule has 284 valence electrons. The lowest BCUT2D eigenvalue weighted by atomic mass is 9.95. The van der Waals surface area contributed by atoms with Crippen LogP contribution < -0.4 is 9.64 Å².